The average Bonchev–Trinajstić information content (AvgIpc) is 3.46. The molecule has 1 atom stereocenters. The molecule has 2 aromatic heterocycles. The van der Waals surface area contributed by atoms with Gasteiger partial charge in [-0.3, -0.25) is 14.5 Å². The number of aryl methyl sites for hydroxylation is 1. The maximum Gasteiger partial charge on any atom is 0.251 e. The number of nitrogens with one attached hydrogen (secondary N) is 1. The molecule has 4 aromatic rings. The van der Waals surface area contributed by atoms with E-state index in [9.17, 15) is 18.4 Å². The Bertz CT molecular complexity index is 1390. The zero-order valence-corrected chi connectivity index (χ0v) is 20.8. The highest BCUT2D eigenvalue weighted by Gasteiger charge is 2.37. The van der Waals surface area contributed by atoms with Crippen molar-refractivity contribution in [2.24, 2.45) is 0 Å². The molecule has 37 heavy (non-hydrogen) atoms. The third kappa shape index (κ3) is 6.24. The van der Waals surface area contributed by atoms with Gasteiger partial charge in [-0.15, -0.1) is 10.2 Å². The molecule has 2 amide bonds. The van der Waals surface area contributed by atoms with Crippen LogP contribution in [0.1, 0.15) is 38.3 Å². The molecule has 0 radical (unpaired) electrons. The van der Waals surface area contributed by atoms with Crippen LogP contribution in [0.3, 0.4) is 0 Å². The van der Waals surface area contributed by atoms with Gasteiger partial charge in [0.15, 0.2) is 6.04 Å². The fourth-order valence-corrected chi connectivity index (χ4v) is 3.67. The van der Waals surface area contributed by atoms with Crippen molar-refractivity contribution in [3.05, 3.63) is 83.8 Å². The predicted octanol–water partition coefficient (Wildman–Crippen LogP) is 4.21. The molecule has 2 heterocycles. The van der Waals surface area contributed by atoms with Crippen molar-refractivity contribution in [2.75, 3.05) is 4.90 Å². The van der Waals surface area contributed by atoms with E-state index < -0.39 is 35.0 Å². The smallest absolute Gasteiger partial charge is 0.251 e. The monoisotopic (exact) mass is 508 g/mol. The van der Waals surface area contributed by atoms with Gasteiger partial charge < -0.3 is 9.73 Å². The van der Waals surface area contributed by atoms with E-state index in [0.717, 1.165) is 4.80 Å². The minimum Gasteiger partial charge on any atom is -0.464 e. The lowest BCUT2D eigenvalue weighted by Crippen LogP contribution is -2.50. The van der Waals surface area contributed by atoms with Crippen LogP contribution < -0.4 is 10.2 Å². The summed E-state index contributed by atoms with van der Waals surface area (Å²) in [5.74, 6) is -0.982. The number of hydrogen-bond acceptors (Lipinski definition) is 6. The molecule has 0 saturated carbocycles. The normalized spacial score (nSPS) is 12.3. The van der Waals surface area contributed by atoms with Gasteiger partial charge in [0.05, 0.1) is 0 Å². The predicted molar refractivity (Wildman–Crippen MR) is 131 cm³/mol. The van der Waals surface area contributed by atoms with Crippen molar-refractivity contribution in [1.29, 1.82) is 0 Å². The molecule has 0 spiro atoms. The van der Waals surface area contributed by atoms with Crippen molar-refractivity contribution in [1.82, 2.24) is 25.5 Å². The summed E-state index contributed by atoms with van der Waals surface area (Å²) in [6.07, 6.45) is 0. The molecular weight excluding hydrogens is 482 g/mol. The average molecular weight is 509 g/mol. The highest BCUT2D eigenvalue weighted by molar-refractivity contribution is 6.01. The molecule has 0 bridgehead atoms. The molecule has 1 N–H and O–H groups in total. The van der Waals surface area contributed by atoms with Gasteiger partial charge in [0.1, 0.15) is 29.7 Å². The highest BCUT2D eigenvalue weighted by Crippen LogP contribution is 2.30. The van der Waals surface area contributed by atoms with Gasteiger partial charge in [0.25, 0.3) is 11.8 Å². The molecule has 192 valence electrons. The van der Waals surface area contributed by atoms with E-state index in [0.29, 0.717) is 11.3 Å². The lowest BCUT2D eigenvalue weighted by Gasteiger charge is -2.32. The third-order valence-electron chi connectivity index (χ3n) is 5.24. The number of benzene rings is 2. The first-order chi connectivity index (χ1) is 17.5. The van der Waals surface area contributed by atoms with E-state index >= 15 is 0 Å². The van der Waals surface area contributed by atoms with E-state index in [1.807, 2.05) is 20.8 Å². The van der Waals surface area contributed by atoms with Crippen LogP contribution in [0.15, 0.2) is 65.1 Å². The van der Waals surface area contributed by atoms with Crippen molar-refractivity contribution in [3.63, 3.8) is 0 Å². The summed E-state index contributed by atoms with van der Waals surface area (Å²) >= 11 is 0. The van der Waals surface area contributed by atoms with Crippen LogP contribution in [-0.4, -0.2) is 37.6 Å². The fraction of sp³-hybridized carbons (Fsp3) is 0.269. The van der Waals surface area contributed by atoms with E-state index in [-0.39, 0.29) is 23.8 Å². The Labute approximate surface area is 212 Å². The Kier molecular flexibility index (Phi) is 7.14. The Morgan fingerprint density at radius 2 is 1.62 bits per heavy atom. The number of rotatable bonds is 7. The number of carbonyl (C=O) groups excluding carboxylic acids is 2. The van der Waals surface area contributed by atoms with Crippen LogP contribution in [0, 0.1) is 18.6 Å². The molecule has 1 unspecified atom stereocenters. The number of anilines is 1. The Hall–Kier alpha value is -4.41. The van der Waals surface area contributed by atoms with Gasteiger partial charge in [0.2, 0.25) is 5.82 Å². The minimum atomic E-state index is -1.20. The van der Waals surface area contributed by atoms with Gasteiger partial charge in [-0.2, -0.15) is 4.80 Å². The molecule has 11 heteroatoms. The molecule has 9 nitrogen and oxygen atoms in total. The summed E-state index contributed by atoms with van der Waals surface area (Å²) in [6.45, 7) is 6.79. The highest BCUT2D eigenvalue weighted by atomic mass is 19.1. The summed E-state index contributed by atoms with van der Waals surface area (Å²) in [7, 11) is 0. The molecule has 0 aliphatic rings. The van der Waals surface area contributed by atoms with E-state index in [4.69, 9.17) is 4.42 Å². The van der Waals surface area contributed by atoms with E-state index in [1.165, 1.54) is 53.4 Å². The van der Waals surface area contributed by atoms with Crippen molar-refractivity contribution >= 4 is 17.5 Å². The Morgan fingerprint density at radius 3 is 2.19 bits per heavy atom. The molecule has 0 aliphatic carbocycles. The topological polar surface area (TPSA) is 106 Å². The second-order valence-electron chi connectivity index (χ2n) is 9.48. The van der Waals surface area contributed by atoms with Crippen molar-refractivity contribution < 1.29 is 22.8 Å². The first-order valence-electron chi connectivity index (χ1n) is 11.5. The number of tetrazole rings is 1. The zero-order valence-electron chi connectivity index (χ0n) is 20.8. The second kappa shape index (κ2) is 10.3. The van der Waals surface area contributed by atoms with E-state index in [2.05, 4.69) is 20.7 Å². The first-order valence-corrected chi connectivity index (χ1v) is 11.5. The number of furan rings is 1. The fourth-order valence-electron chi connectivity index (χ4n) is 3.67. The van der Waals surface area contributed by atoms with Crippen molar-refractivity contribution in [2.45, 2.75) is 45.8 Å². The molecule has 4 rings (SSSR count). The van der Waals surface area contributed by atoms with Crippen LogP contribution in [0.5, 0.6) is 0 Å². The lowest BCUT2D eigenvalue weighted by molar-refractivity contribution is -0.128. The van der Waals surface area contributed by atoms with Gasteiger partial charge >= 0.3 is 0 Å². The number of hydrogen-bond donors (Lipinski definition) is 1. The second-order valence-corrected chi connectivity index (χ2v) is 9.48. The lowest BCUT2D eigenvalue weighted by atomic mass is 10.1. The van der Waals surface area contributed by atoms with Gasteiger partial charge in [-0.05, 0) is 93.6 Å². The summed E-state index contributed by atoms with van der Waals surface area (Å²) in [5, 5.41) is 15.0. The SMILES string of the molecule is Cc1ccc(C(C(=O)NC(C)(C)C)N(C(=O)Cn2nnc(-c3ccc(F)cc3)n2)c2ccc(F)cc2)o1. The van der Waals surface area contributed by atoms with Crippen LogP contribution in [0.4, 0.5) is 14.5 Å². The largest absolute Gasteiger partial charge is 0.464 e. The number of amides is 2. The number of halogens is 2. The maximum atomic E-state index is 13.7. The number of nitrogens with zero attached hydrogens (tertiary/aromatic N) is 5. The van der Waals surface area contributed by atoms with Crippen LogP contribution in [-0.2, 0) is 16.1 Å². The summed E-state index contributed by atoms with van der Waals surface area (Å²) in [4.78, 5) is 29.5. The van der Waals surface area contributed by atoms with Gasteiger partial charge in [-0.1, -0.05) is 0 Å². The quantitative estimate of drug-likeness (QED) is 0.401. The minimum absolute atomic E-state index is 0.199. The molecule has 0 fully saturated rings. The summed E-state index contributed by atoms with van der Waals surface area (Å²) in [5.41, 5.74) is 0.184. The summed E-state index contributed by atoms with van der Waals surface area (Å²) < 4.78 is 32.8. The van der Waals surface area contributed by atoms with Gasteiger partial charge in [0, 0.05) is 16.8 Å². The van der Waals surface area contributed by atoms with Crippen LogP contribution in [0.2, 0.25) is 0 Å². The van der Waals surface area contributed by atoms with Gasteiger partial charge in [-0.25, -0.2) is 8.78 Å². The summed E-state index contributed by atoms with van der Waals surface area (Å²) in [6, 6.07) is 12.8. The van der Waals surface area contributed by atoms with Crippen LogP contribution in [0.25, 0.3) is 11.4 Å². The molecule has 0 aliphatic heterocycles. The van der Waals surface area contributed by atoms with E-state index in [1.54, 1.807) is 19.1 Å². The third-order valence-corrected chi connectivity index (χ3v) is 5.24. The maximum absolute atomic E-state index is 13.7. The number of carbonyl (C=O) groups is 2. The Balaban J connectivity index is 1.71. The molecule has 2 aromatic carbocycles. The standard InChI is InChI=1S/C26H26F2N6O3/c1-16-5-14-21(37-16)23(25(36)29-26(2,3)4)34(20-12-10-19(28)11-13-20)22(35)15-33-31-24(30-32-33)17-6-8-18(27)9-7-17/h5-14,23H,15H2,1-4H3,(H,29,36). The molecular formula is C26H26F2N6O3. The van der Waals surface area contributed by atoms with Crippen molar-refractivity contribution in [3.8, 4) is 11.4 Å². The van der Waals surface area contributed by atoms with Crippen LogP contribution >= 0.6 is 0 Å². The zero-order chi connectivity index (χ0) is 26.7. The molecule has 0 saturated heterocycles. The Morgan fingerprint density at radius 1 is 1.00 bits per heavy atom. The number of aromatic nitrogens is 4. The first kappa shape index (κ1) is 25.7.